The van der Waals surface area contributed by atoms with Gasteiger partial charge < -0.3 is 4.74 Å². The molecular formula is C11H13NO3. The summed E-state index contributed by atoms with van der Waals surface area (Å²) in [5, 5.41) is 10.4. The van der Waals surface area contributed by atoms with Crippen molar-refractivity contribution in [1.82, 2.24) is 0 Å². The Morgan fingerprint density at radius 1 is 1.47 bits per heavy atom. The van der Waals surface area contributed by atoms with Crippen molar-refractivity contribution in [2.75, 3.05) is 6.61 Å². The maximum atomic E-state index is 10.4. The number of nitro groups is 1. The van der Waals surface area contributed by atoms with Crippen molar-refractivity contribution in [1.29, 1.82) is 0 Å². The summed E-state index contributed by atoms with van der Waals surface area (Å²) in [6.07, 6.45) is 0.868. The second-order valence-electron chi connectivity index (χ2n) is 3.14. The van der Waals surface area contributed by atoms with E-state index < -0.39 is 4.92 Å². The van der Waals surface area contributed by atoms with E-state index in [-0.39, 0.29) is 5.69 Å². The first-order valence-electron chi connectivity index (χ1n) is 4.67. The van der Waals surface area contributed by atoms with E-state index in [1.165, 1.54) is 12.1 Å². The second-order valence-corrected chi connectivity index (χ2v) is 3.14. The van der Waals surface area contributed by atoms with Crippen LogP contribution in [-0.4, -0.2) is 11.5 Å². The van der Waals surface area contributed by atoms with E-state index in [0.29, 0.717) is 12.4 Å². The minimum Gasteiger partial charge on any atom is -0.489 e. The van der Waals surface area contributed by atoms with Crippen LogP contribution < -0.4 is 4.74 Å². The molecule has 0 bridgehead atoms. The summed E-state index contributed by atoms with van der Waals surface area (Å²) in [6, 6.07) is 6.01. The molecule has 0 heterocycles. The number of nitro benzene ring substituents is 1. The fraction of sp³-hybridized carbons (Fsp3) is 0.273. The monoisotopic (exact) mass is 207 g/mol. The molecule has 0 saturated heterocycles. The number of hydrogen-bond acceptors (Lipinski definition) is 3. The zero-order chi connectivity index (χ0) is 11.3. The number of non-ortho nitro benzene ring substituents is 1. The Bertz CT molecular complexity index is 357. The summed E-state index contributed by atoms with van der Waals surface area (Å²) in [4.78, 5) is 9.94. The molecule has 0 aliphatic carbocycles. The molecule has 4 heteroatoms. The van der Waals surface area contributed by atoms with Gasteiger partial charge in [-0.15, -0.1) is 0 Å². The van der Waals surface area contributed by atoms with Gasteiger partial charge in [0, 0.05) is 12.1 Å². The fourth-order valence-electron chi connectivity index (χ4n) is 0.952. The summed E-state index contributed by atoms with van der Waals surface area (Å²) < 4.78 is 5.37. The maximum absolute atomic E-state index is 10.4. The van der Waals surface area contributed by atoms with E-state index in [1.54, 1.807) is 12.1 Å². The van der Waals surface area contributed by atoms with Gasteiger partial charge in [0.15, 0.2) is 0 Å². The second kappa shape index (κ2) is 5.14. The SMILES string of the molecule is C=C(CC)COc1ccc([N+](=O)[O-])cc1. The van der Waals surface area contributed by atoms with Crippen LogP contribution in [0.15, 0.2) is 36.4 Å². The molecule has 1 aromatic rings. The van der Waals surface area contributed by atoms with Crippen molar-refractivity contribution in [2.45, 2.75) is 13.3 Å². The lowest BCUT2D eigenvalue weighted by atomic mass is 10.2. The van der Waals surface area contributed by atoms with Gasteiger partial charge in [0.1, 0.15) is 12.4 Å². The highest BCUT2D eigenvalue weighted by Crippen LogP contribution is 2.17. The molecular weight excluding hydrogens is 194 g/mol. The molecule has 0 saturated carbocycles. The Labute approximate surface area is 88.3 Å². The predicted octanol–water partition coefficient (Wildman–Crippen LogP) is 2.94. The first-order chi connectivity index (χ1) is 7.13. The molecule has 80 valence electrons. The van der Waals surface area contributed by atoms with Gasteiger partial charge in [-0.1, -0.05) is 13.5 Å². The fourth-order valence-corrected chi connectivity index (χ4v) is 0.952. The van der Waals surface area contributed by atoms with Crippen molar-refractivity contribution in [2.24, 2.45) is 0 Å². The van der Waals surface area contributed by atoms with E-state index in [4.69, 9.17) is 4.74 Å². The number of rotatable bonds is 5. The molecule has 0 spiro atoms. The van der Waals surface area contributed by atoms with E-state index in [9.17, 15) is 10.1 Å². The standard InChI is InChI=1S/C11H13NO3/c1-3-9(2)8-15-11-6-4-10(5-7-11)12(13)14/h4-7H,2-3,8H2,1H3. The lowest BCUT2D eigenvalue weighted by molar-refractivity contribution is -0.384. The zero-order valence-corrected chi connectivity index (χ0v) is 8.60. The molecule has 0 fully saturated rings. The first-order valence-corrected chi connectivity index (χ1v) is 4.67. The lowest BCUT2D eigenvalue weighted by Gasteiger charge is -2.06. The average molecular weight is 207 g/mol. The topological polar surface area (TPSA) is 52.4 Å². The summed E-state index contributed by atoms with van der Waals surface area (Å²) in [7, 11) is 0. The van der Waals surface area contributed by atoms with Crippen molar-refractivity contribution >= 4 is 5.69 Å². The summed E-state index contributed by atoms with van der Waals surface area (Å²) in [6.45, 7) is 6.26. The summed E-state index contributed by atoms with van der Waals surface area (Å²) in [5.41, 5.74) is 1.06. The molecule has 0 aliphatic rings. The normalized spacial score (nSPS) is 9.67. The van der Waals surface area contributed by atoms with Gasteiger partial charge in [0.05, 0.1) is 4.92 Å². The summed E-state index contributed by atoms with van der Waals surface area (Å²) in [5.74, 6) is 0.621. The van der Waals surface area contributed by atoms with Gasteiger partial charge in [0.2, 0.25) is 0 Å². The summed E-state index contributed by atoms with van der Waals surface area (Å²) >= 11 is 0. The van der Waals surface area contributed by atoms with E-state index in [2.05, 4.69) is 6.58 Å². The van der Waals surface area contributed by atoms with Crippen LogP contribution >= 0.6 is 0 Å². The first kappa shape index (κ1) is 11.2. The van der Waals surface area contributed by atoms with Crippen LogP contribution in [0, 0.1) is 10.1 Å². The Morgan fingerprint density at radius 3 is 2.53 bits per heavy atom. The van der Waals surface area contributed by atoms with Gasteiger partial charge in [-0.2, -0.15) is 0 Å². The van der Waals surface area contributed by atoms with Crippen molar-refractivity contribution < 1.29 is 9.66 Å². The van der Waals surface area contributed by atoms with Crippen LogP contribution in [0.1, 0.15) is 13.3 Å². The van der Waals surface area contributed by atoms with Crippen LogP contribution in [0.3, 0.4) is 0 Å². The molecule has 1 aromatic carbocycles. The third kappa shape index (κ3) is 3.42. The van der Waals surface area contributed by atoms with Crippen LogP contribution in [-0.2, 0) is 0 Å². The maximum Gasteiger partial charge on any atom is 0.269 e. The molecule has 0 atom stereocenters. The molecule has 0 amide bonds. The highest BCUT2D eigenvalue weighted by Gasteiger charge is 2.04. The van der Waals surface area contributed by atoms with Gasteiger partial charge in [0.25, 0.3) is 5.69 Å². The van der Waals surface area contributed by atoms with Gasteiger partial charge in [-0.25, -0.2) is 0 Å². The van der Waals surface area contributed by atoms with E-state index >= 15 is 0 Å². The minimum atomic E-state index is -0.436. The van der Waals surface area contributed by atoms with E-state index in [1.807, 2.05) is 6.92 Å². The number of nitrogens with zero attached hydrogens (tertiary/aromatic N) is 1. The predicted molar refractivity (Wildman–Crippen MR) is 58.0 cm³/mol. The van der Waals surface area contributed by atoms with Crippen LogP contribution in [0.2, 0.25) is 0 Å². The molecule has 4 nitrogen and oxygen atoms in total. The van der Waals surface area contributed by atoms with Crippen LogP contribution in [0.5, 0.6) is 5.75 Å². The molecule has 0 radical (unpaired) electrons. The average Bonchev–Trinajstić information content (AvgIpc) is 2.26. The van der Waals surface area contributed by atoms with Crippen molar-refractivity contribution in [3.8, 4) is 5.75 Å². The zero-order valence-electron chi connectivity index (χ0n) is 8.60. The largest absolute Gasteiger partial charge is 0.489 e. The van der Waals surface area contributed by atoms with E-state index in [0.717, 1.165) is 12.0 Å². The van der Waals surface area contributed by atoms with Crippen LogP contribution in [0.4, 0.5) is 5.69 Å². The Morgan fingerprint density at radius 2 is 2.07 bits per heavy atom. The highest BCUT2D eigenvalue weighted by atomic mass is 16.6. The Balaban J connectivity index is 2.57. The third-order valence-electron chi connectivity index (χ3n) is 1.99. The number of ether oxygens (including phenoxy) is 1. The number of benzene rings is 1. The van der Waals surface area contributed by atoms with Crippen molar-refractivity contribution in [3.05, 3.63) is 46.5 Å². The molecule has 0 aliphatic heterocycles. The molecule has 0 unspecified atom stereocenters. The quantitative estimate of drug-likeness (QED) is 0.423. The van der Waals surface area contributed by atoms with Gasteiger partial charge in [-0.3, -0.25) is 10.1 Å². The lowest BCUT2D eigenvalue weighted by Crippen LogP contribution is -1.99. The minimum absolute atomic E-state index is 0.0664. The molecule has 1 rings (SSSR count). The van der Waals surface area contributed by atoms with Gasteiger partial charge >= 0.3 is 0 Å². The Kier molecular flexibility index (Phi) is 3.85. The third-order valence-corrected chi connectivity index (χ3v) is 1.99. The van der Waals surface area contributed by atoms with Crippen LogP contribution in [0.25, 0.3) is 0 Å². The highest BCUT2D eigenvalue weighted by molar-refractivity contribution is 5.36. The van der Waals surface area contributed by atoms with Crippen molar-refractivity contribution in [3.63, 3.8) is 0 Å². The van der Waals surface area contributed by atoms with Gasteiger partial charge in [-0.05, 0) is 24.1 Å². The smallest absolute Gasteiger partial charge is 0.269 e. The molecule has 15 heavy (non-hydrogen) atoms. The molecule has 0 aromatic heterocycles. The Hall–Kier alpha value is -1.84. The molecule has 0 N–H and O–H groups in total. The number of hydrogen-bond donors (Lipinski definition) is 0.